The van der Waals surface area contributed by atoms with Crippen molar-refractivity contribution in [2.24, 2.45) is 0 Å². The van der Waals surface area contributed by atoms with Crippen LogP contribution in [0.1, 0.15) is 72.8 Å². The Morgan fingerprint density at radius 2 is 1.94 bits per heavy atom. The van der Waals surface area contributed by atoms with E-state index in [0.29, 0.717) is 6.42 Å². The maximum atomic E-state index is 12.0. The van der Waals surface area contributed by atoms with Crippen LogP contribution in [-0.2, 0) is 20.7 Å². The van der Waals surface area contributed by atoms with Gasteiger partial charge in [-0.3, -0.25) is 14.5 Å². The standard InChI is InChI=1S/C25H38N4O3S/c1-17(30)26-18(2)32-22(31)11-9-19-8-10-20-21(16-19)28-23(27-20)33-15-14-29-24(3,4)12-7-13-25(29,5)6/h8,10,16,18H,7,9,11-15H2,1-6H3,(H,26,30)(H,27,28). The predicted octanol–water partition coefficient (Wildman–Crippen LogP) is 4.66. The van der Waals surface area contributed by atoms with Crippen LogP contribution in [-0.4, -0.2) is 56.3 Å². The van der Waals surface area contributed by atoms with Crippen molar-refractivity contribution < 1.29 is 14.3 Å². The van der Waals surface area contributed by atoms with Crippen LogP contribution in [0.5, 0.6) is 0 Å². The minimum absolute atomic E-state index is 0.225. The van der Waals surface area contributed by atoms with Gasteiger partial charge in [0, 0.05) is 36.7 Å². The second-order valence-electron chi connectivity index (χ2n) is 10.2. The number of carbonyl (C=O) groups excluding carboxylic acids is 2. The van der Waals surface area contributed by atoms with Gasteiger partial charge in [0.1, 0.15) is 0 Å². The number of hydrogen-bond acceptors (Lipinski definition) is 6. The molecule has 0 saturated carbocycles. The molecule has 1 aromatic heterocycles. The quantitative estimate of drug-likeness (QED) is 0.312. The number of carbonyl (C=O) groups is 2. The van der Waals surface area contributed by atoms with Gasteiger partial charge in [0.15, 0.2) is 11.4 Å². The molecular weight excluding hydrogens is 436 g/mol. The Morgan fingerprint density at radius 3 is 2.61 bits per heavy atom. The monoisotopic (exact) mass is 474 g/mol. The molecule has 8 heteroatoms. The first-order valence-corrected chi connectivity index (χ1v) is 12.8. The van der Waals surface area contributed by atoms with E-state index in [1.165, 1.54) is 26.2 Å². The zero-order chi connectivity index (χ0) is 24.2. The number of H-pyrrole nitrogens is 1. The van der Waals surface area contributed by atoms with Crippen molar-refractivity contribution in [3.8, 4) is 0 Å². The first-order valence-electron chi connectivity index (χ1n) is 11.8. The molecule has 2 aromatic rings. The summed E-state index contributed by atoms with van der Waals surface area (Å²) in [5, 5.41) is 3.47. The Kier molecular flexibility index (Phi) is 8.11. The average molecular weight is 475 g/mol. The van der Waals surface area contributed by atoms with E-state index in [-0.39, 0.29) is 29.4 Å². The highest BCUT2D eigenvalue weighted by Crippen LogP contribution is 2.38. The lowest BCUT2D eigenvalue weighted by Gasteiger charge is -2.53. The summed E-state index contributed by atoms with van der Waals surface area (Å²) < 4.78 is 5.20. The maximum Gasteiger partial charge on any atom is 0.308 e. The summed E-state index contributed by atoms with van der Waals surface area (Å²) in [6.07, 6.45) is 3.99. The molecule has 0 bridgehead atoms. The van der Waals surface area contributed by atoms with Gasteiger partial charge in [0.05, 0.1) is 11.0 Å². The smallest absolute Gasteiger partial charge is 0.308 e. The molecule has 2 N–H and O–H groups in total. The Bertz CT molecular complexity index is 969. The third-order valence-corrected chi connectivity index (χ3v) is 7.30. The number of amides is 1. The van der Waals surface area contributed by atoms with Crippen LogP contribution < -0.4 is 5.32 Å². The third kappa shape index (κ3) is 6.96. The van der Waals surface area contributed by atoms with Crippen molar-refractivity contribution in [3.63, 3.8) is 0 Å². The van der Waals surface area contributed by atoms with Gasteiger partial charge in [-0.2, -0.15) is 0 Å². The number of ether oxygens (including phenoxy) is 1. The molecule has 0 radical (unpaired) electrons. The second kappa shape index (κ2) is 10.5. The molecule has 182 valence electrons. The van der Waals surface area contributed by atoms with E-state index >= 15 is 0 Å². The van der Waals surface area contributed by atoms with Crippen LogP contribution in [0.25, 0.3) is 11.0 Å². The van der Waals surface area contributed by atoms with Crippen molar-refractivity contribution in [3.05, 3.63) is 23.8 Å². The van der Waals surface area contributed by atoms with E-state index in [0.717, 1.165) is 34.1 Å². The number of esters is 1. The Labute approximate surface area is 201 Å². The normalized spacial score (nSPS) is 18.7. The lowest BCUT2D eigenvalue weighted by atomic mass is 9.80. The van der Waals surface area contributed by atoms with E-state index in [4.69, 9.17) is 9.72 Å². The van der Waals surface area contributed by atoms with Gasteiger partial charge in [0.25, 0.3) is 0 Å². The van der Waals surface area contributed by atoms with E-state index in [1.54, 1.807) is 18.7 Å². The third-order valence-electron chi connectivity index (χ3n) is 6.45. The number of nitrogens with zero attached hydrogens (tertiary/aromatic N) is 2. The molecule has 1 atom stereocenters. The lowest BCUT2D eigenvalue weighted by molar-refractivity contribution is -0.150. The molecule has 1 aliphatic rings. The molecule has 33 heavy (non-hydrogen) atoms. The minimum Gasteiger partial charge on any atom is -0.442 e. The summed E-state index contributed by atoms with van der Waals surface area (Å²) in [5.74, 6) is 0.426. The predicted molar refractivity (Wildman–Crippen MR) is 133 cm³/mol. The van der Waals surface area contributed by atoms with Gasteiger partial charge in [-0.1, -0.05) is 17.8 Å². The summed E-state index contributed by atoms with van der Waals surface area (Å²) >= 11 is 1.76. The molecule has 1 unspecified atom stereocenters. The number of rotatable bonds is 9. The van der Waals surface area contributed by atoms with Crippen LogP contribution in [0.15, 0.2) is 23.4 Å². The summed E-state index contributed by atoms with van der Waals surface area (Å²) in [6.45, 7) is 13.5. The number of aryl methyl sites for hydroxylation is 1. The number of nitrogens with one attached hydrogen (secondary N) is 2. The maximum absolute atomic E-state index is 12.0. The Hall–Kier alpha value is -2.06. The zero-order valence-corrected chi connectivity index (χ0v) is 21.6. The molecule has 7 nitrogen and oxygen atoms in total. The average Bonchev–Trinajstić information content (AvgIpc) is 3.09. The largest absolute Gasteiger partial charge is 0.442 e. The summed E-state index contributed by atoms with van der Waals surface area (Å²) in [4.78, 5) is 33.9. The SMILES string of the molecule is CC(=O)NC(C)OC(=O)CCc1ccc2nc(SCCN3C(C)(C)CCCC3(C)C)[nH]c2c1. The summed E-state index contributed by atoms with van der Waals surface area (Å²) in [7, 11) is 0. The van der Waals surface area contributed by atoms with E-state index < -0.39 is 6.23 Å². The van der Waals surface area contributed by atoms with Crippen LogP contribution in [0.3, 0.4) is 0 Å². The number of hydrogen-bond donors (Lipinski definition) is 2. The Morgan fingerprint density at radius 1 is 1.24 bits per heavy atom. The van der Waals surface area contributed by atoms with Crippen molar-refractivity contribution in [1.82, 2.24) is 20.2 Å². The molecule has 1 amide bonds. The topological polar surface area (TPSA) is 87.3 Å². The highest BCUT2D eigenvalue weighted by Gasteiger charge is 2.40. The number of thioether (sulfide) groups is 1. The van der Waals surface area contributed by atoms with Crippen LogP contribution >= 0.6 is 11.8 Å². The van der Waals surface area contributed by atoms with Crippen molar-refractivity contribution >= 4 is 34.7 Å². The van der Waals surface area contributed by atoms with Crippen molar-refractivity contribution in [2.45, 2.75) is 96.1 Å². The molecule has 3 rings (SSSR count). The molecule has 1 saturated heterocycles. The fraction of sp³-hybridized carbons (Fsp3) is 0.640. The van der Waals surface area contributed by atoms with Crippen LogP contribution in [0.4, 0.5) is 0 Å². The zero-order valence-electron chi connectivity index (χ0n) is 20.8. The van der Waals surface area contributed by atoms with Gasteiger partial charge in [-0.25, -0.2) is 4.98 Å². The van der Waals surface area contributed by atoms with Crippen LogP contribution in [0.2, 0.25) is 0 Å². The molecule has 0 spiro atoms. The number of benzene rings is 1. The van der Waals surface area contributed by atoms with Gasteiger partial charge in [-0.05, 0) is 78.0 Å². The second-order valence-corrected chi connectivity index (χ2v) is 11.3. The fourth-order valence-corrected chi connectivity index (χ4v) is 5.77. The lowest BCUT2D eigenvalue weighted by Crippen LogP contribution is -2.59. The summed E-state index contributed by atoms with van der Waals surface area (Å²) in [6, 6.07) is 6.04. The number of piperidine rings is 1. The first kappa shape index (κ1) is 25.6. The van der Waals surface area contributed by atoms with Gasteiger partial charge in [-0.15, -0.1) is 0 Å². The molecular formula is C25H38N4O3S. The van der Waals surface area contributed by atoms with Gasteiger partial charge >= 0.3 is 5.97 Å². The van der Waals surface area contributed by atoms with Gasteiger partial charge < -0.3 is 15.0 Å². The highest BCUT2D eigenvalue weighted by atomic mass is 32.2. The van der Waals surface area contributed by atoms with E-state index in [2.05, 4.69) is 42.9 Å². The molecule has 1 fully saturated rings. The van der Waals surface area contributed by atoms with Crippen LogP contribution in [0, 0.1) is 0 Å². The minimum atomic E-state index is -0.620. The summed E-state index contributed by atoms with van der Waals surface area (Å²) in [5.41, 5.74) is 3.41. The number of aromatic nitrogens is 2. The van der Waals surface area contributed by atoms with E-state index in [9.17, 15) is 9.59 Å². The first-order chi connectivity index (χ1) is 15.5. The van der Waals surface area contributed by atoms with Crippen molar-refractivity contribution in [2.75, 3.05) is 12.3 Å². The molecule has 1 aliphatic heterocycles. The molecule has 1 aromatic carbocycles. The van der Waals surface area contributed by atoms with E-state index in [1.807, 2.05) is 18.2 Å². The molecule has 2 heterocycles. The number of aromatic amines is 1. The highest BCUT2D eigenvalue weighted by molar-refractivity contribution is 7.99. The number of fused-ring (bicyclic) bond motifs is 1. The van der Waals surface area contributed by atoms with Crippen molar-refractivity contribution in [1.29, 1.82) is 0 Å². The number of likely N-dealkylation sites (tertiary alicyclic amines) is 1. The molecule has 0 aliphatic carbocycles. The number of imidazole rings is 1. The van der Waals surface area contributed by atoms with Gasteiger partial charge in [0.2, 0.25) is 5.91 Å². The Balaban J connectivity index is 1.53. The fourth-order valence-electron chi connectivity index (χ4n) is 4.96.